The summed E-state index contributed by atoms with van der Waals surface area (Å²) >= 11 is 0. The maximum Gasteiger partial charge on any atom is 0.411 e. The van der Waals surface area contributed by atoms with Crippen molar-refractivity contribution >= 4 is 23.2 Å². The molecule has 0 spiro atoms. The number of aryl methyl sites for hydroxylation is 1. The molecule has 0 aromatic heterocycles. The fourth-order valence-electron chi connectivity index (χ4n) is 2.46. The van der Waals surface area contributed by atoms with Gasteiger partial charge in [0.15, 0.2) is 5.82 Å². The highest BCUT2D eigenvalue weighted by Crippen LogP contribution is 2.31. The second kappa shape index (κ2) is 8.77. The first-order chi connectivity index (χ1) is 12.5. The van der Waals surface area contributed by atoms with Crippen LogP contribution in [0.5, 0.6) is 0 Å². The topological polar surface area (TPSA) is 67.6 Å². The highest BCUT2D eigenvalue weighted by molar-refractivity contribution is 5.90. The molecule has 2 aromatic carbocycles. The molecule has 0 bridgehead atoms. The van der Waals surface area contributed by atoms with Crippen LogP contribution in [0.3, 0.4) is 0 Å². The van der Waals surface area contributed by atoms with E-state index in [1.165, 1.54) is 6.07 Å². The Labute approximate surface area is 152 Å². The van der Waals surface area contributed by atoms with E-state index in [9.17, 15) is 9.18 Å². The van der Waals surface area contributed by atoms with E-state index in [0.29, 0.717) is 6.54 Å². The number of hydrogen-bond acceptors (Lipinski definition) is 4. The van der Waals surface area contributed by atoms with Crippen molar-refractivity contribution in [3.8, 4) is 12.3 Å². The zero-order valence-electron chi connectivity index (χ0n) is 14.9. The smallest absolute Gasteiger partial charge is 0.411 e. The van der Waals surface area contributed by atoms with E-state index in [1.54, 1.807) is 17.9 Å². The number of halogens is 1. The molecule has 6 heteroatoms. The normalized spacial score (nSPS) is 10.1. The number of carbonyl (C=O) groups is 1. The highest BCUT2D eigenvalue weighted by Gasteiger charge is 2.17. The van der Waals surface area contributed by atoms with E-state index in [2.05, 4.69) is 11.2 Å². The van der Waals surface area contributed by atoms with Crippen molar-refractivity contribution < 1.29 is 13.9 Å². The maximum atomic E-state index is 14.8. The number of nitrogen functional groups attached to an aromatic ring is 1. The number of nitrogens with one attached hydrogen (secondary N) is 1. The van der Waals surface area contributed by atoms with Crippen molar-refractivity contribution in [1.29, 1.82) is 0 Å². The van der Waals surface area contributed by atoms with Gasteiger partial charge in [0.25, 0.3) is 0 Å². The summed E-state index contributed by atoms with van der Waals surface area (Å²) in [5.74, 6) is 1.90. The molecule has 0 aliphatic carbocycles. The van der Waals surface area contributed by atoms with E-state index < -0.39 is 11.9 Å². The minimum atomic E-state index is -0.688. The second-order valence-corrected chi connectivity index (χ2v) is 5.75. The molecule has 0 aliphatic rings. The van der Waals surface area contributed by atoms with Gasteiger partial charge in [-0.15, -0.1) is 6.42 Å². The Hall–Kier alpha value is -3.20. The van der Waals surface area contributed by atoms with Gasteiger partial charge in [0.05, 0.1) is 30.2 Å². The number of rotatable bonds is 6. The van der Waals surface area contributed by atoms with Gasteiger partial charge in [-0.25, -0.2) is 9.18 Å². The Kier molecular flexibility index (Phi) is 6.45. The van der Waals surface area contributed by atoms with Gasteiger partial charge >= 0.3 is 6.09 Å². The number of benzene rings is 2. The minimum Gasteiger partial charge on any atom is -0.450 e. The minimum absolute atomic E-state index is 0.153. The van der Waals surface area contributed by atoms with Crippen LogP contribution in [0.15, 0.2) is 36.4 Å². The van der Waals surface area contributed by atoms with E-state index in [4.69, 9.17) is 16.9 Å². The van der Waals surface area contributed by atoms with Crippen LogP contribution in [0.2, 0.25) is 0 Å². The van der Waals surface area contributed by atoms with Crippen molar-refractivity contribution in [3.63, 3.8) is 0 Å². The molecular formula is C20H22FN3O2. The van der Waals surface area contributed by atoms with Crippen molar-refractivity contribution in [1.82, 2.24) is 0 Å². The molecule has 0 atom stereocenters. The number of terminal acetylenes is 1. The lowest BCUT2D eigenvalue weighted by Crippen LogP contribution is -2.25. The molecule has 0 saturated heterocycles. The van der Waals surface area contributed by atoms with Crippen molar-refractivity contribution in [2.45, 2.75) is 20.4 Å². The average molecular weight is 355 g/mol. The van der Waals surface area contributed by atoms with E-state index in [1.807, 2.05) is 31.2 Å². The van der Waals surface area contributed by atoms with Crippen LogP contribution < -0.4 is 16.0 Å². The molecular weight excluding hydrogens is 333 g/mol. The second-order valence-electron chi connectivity index (χ2n) is 5.75. The lowest BCUT2D eigenvalue weighted by Gasteiger charge is -2.24. The predicted molar refractivity (Wildman–Crippen MR) is 103 cm³/mol. The van der Waals surface area contributed by atoms with Crippen molar-refractivity contribution in [2.75, 3.05) is 29.1 Å². The number of ether oxygens (including phenoxy) is 1. The largest absolute Gasteiger partial charge is 0.450 e. The number of hydrogen-bond donors (Lipinski definition) is 2. The summed E-state index contributed by atoms with van der Waals surface area (Å²) in [6.07, 6.45) is 4.75. The fraction of sp³-hybridized carbons (Fsp3) is 0.250. The Bertz CT molecular complexity index is 813. The van der Waals surface area contributed by atoms with Gasteiger partial charge in [0.2, 0.25) is 0 Å². The van der Waals surface area contributed by atoms with Crippen molar-refractivity contribution in [3.05, 3.63) is 53.3 Å². The molecule has 0 aliphatic heterocycles. The summed E-state index contributed by atoms with van der Waals surface area (Å²) in [5.41, 5.74) is 8.25. The number of carbonyl (C=O) groups excluding carboxylic acids is 1. The molecule has 26 heavy (non-hydrogen) atoms. The Morgan fingerprint density at radius 2 is 2.00 bits per heavy atom. The molecule has 1 amide bonds. The van der Waals surface area contributed by atoms with Gasteiger partial charge in [-0.3, -0.25) is 5.32 Å². The van der Waals surface area contributed by atoms with Gasteiger partial charge in [0.1, 0.15) is 0 Å². The summed E-state index contributed by atoms with van der Waals surface area (Å²) in [7, 11) is 0. The molecule has 3 N–H and O–H groups in total. The third-order valence-electron chi connectivity index (χ3n) is 3.79. The van der Waals surface area contributed by atoms with Gasteiger partial charge in [-0.05, 0) is 31.5 Å². The zero-order chi connectivity index (χ0) is 19.1. The Morgan fingerprint density at radius 3 is 2.62 bits per heavy atom. The third-order valence-corrected chi connectivity index (χ3v) is 3.79. The molecule has 2 rings (SSSR count). The van der Waals surface area contributed by atoms with Gasteiger partial charge in [-0.1, -0.05) is 35.7 Å². The predicted octanol–water partition coefficient (Wildman–Crippen LogP) is 3.92. The molecule has 0 saturated carbocycles. The van der Waals surface area contributed by atoms with Crippen LogP contribution in [0.25, 0.3) is 0 Å². The molecule has 0 fully saturated rings. The molecule has 2 aromatic rings. The Balaban J connectivity index is 2.28. The lowest BCUT2D eigenvalue weighted by molar-refractivity contribution is 0.168. The molecule has 0 radical (unpaired) electrons. The molecule has 0 unspecified atom stereocenters. The van der Waals surface area contributed by atoms with Crippen molar-refractivity contribution in [2.24, 2.45) is 0 Å². The lowest BCUT2D eigenvalue weighted by atomic mass is 10.1. The van der Waals surface area contributed by atoms with Crippen LogP contribution in [0.1, 0.15) is 18.1 Å². The Morgan fingerprint density at radius 1 is 1.31 bits per heavy atom. The maximum absolute atomic E-state index is 14.8. The molecule has 136 valence electrons. The summed E-state index contributed by atoms with van der Waals surface area (Å²) in [4.78, 5) is 13.2. The number of amides is 1. The molecule has 0 heterocycles. The summed E-state index contributed by atoms with van der Waals surface area (Å²) in [6, 6.07) is 11.0. The first-order valence-corrected chi connectivity index (χ1v) is 8.22. The average Bonchev–Trinajstić information content (AvgIpc) is 2.61. The quantitative estimate of drug-likeness (QED) is 0.609. The first kappa shape index (κ1) is 19.1. The summed E-state index contributed by atoms with van der Waals surface area (Å²) < 4.78 is 19.6. The van der Waals surface area contributed by atoms with E-state index in [0.717, 1.165) is 11.1 Å². The van der Waals surface area contributed by atoms with E-state index >= 15 is 0 Å². The standard InChI is InChI=1S/C20H22FN3O2/c1-4-12-24(13-15-8-6-14(3)7-9-15)17-11-10-16(19(22)18(17)21)23-20(25)26-5-2/h1,6-11H,5,12-13,22H2,2-3H3,(H,23,25). The SMILES string of the molecule is C#CCN(Cc1ccc(C)cc1)c1ccc(NC(=O)OCC)c(N)c1F. The highest BCUT2D eigenvalue weighted by atomic mass is 19.1. The van der Waals surface area contributed by atoms with Crippen LogP contribution in [0, 0.1) is 25.1 Å². The van der Waals surface area contributed by atoms with Gasteiger partial charge < -0.3 is 15.4 Å². The van der Waals surface area contributed by atoms with E-state index in [-0.39, 0.29) is 30.2 Å². The molecule has 5 nitrogen and oxygen atoms in total. The third kappa shape index (κ3) is 4.67. The summed E-state index contributed by atoms with van der Waals surface area (Å²) in [6.45, 7) is 4.53. The summed E-state index contributed by atoms with van der Waals surface area (Å²) in [5, 5.41) is 2.42. The first-order valence-electron chi connectivity index (χ1n) is 8.22. The number of anilines is 3. The monoisotopic (exact) mass is 355 g/mol. The van der Waals surface area contributed by atoms with Gasteiger partial charge in [-0.2, -0.15) is 0 Å². The zero-order valence-corrected chi connectivity index (χ0v) is 14.9. The number of nitrogens with zero attached hydrogens (tertiary/aromatic N) is 1. The van der Waals surface area contributed by atoms with Crippen LogP contribution >= 0.6 is 0 Å². The van der Waals surface area contributed by atoms with Crippen LogP contribution in [-0.2, 0) is 11.3 Å². The van der Waals surface area contributed by atoms with Crippen LogP contribution in [0.4, 0.5) is 26.2 Å². The van der Waals surface area contributed by atoms with Gasteiger partial charge in [0, 0.05) is 6.54 Å². The fourth-order valence-corrected chi connectivity index (χ4v) is 2.46. The van der Waals surface area contributed by atoms with Crippen LogP contribution in [-0.4, -0.2) is 19.2 Å². The number of nitrogens with two attached hydrogens (primary N) is 1.